The molecule has 3 aromatic rings. The molecule has 176 valence electrons. The predicted octanol–water partition coefficient (Wildman–Crippen LogP) is 3.43. The second kappa shape index (κ2) is 9.33. The van der Waals surface area contributed by atoms with Crippen LogP contribution in [0.4, 0.5) is 19.0 Å². The highest BCUT2D eigenvalue weighted by Crippen LogP contribution is 2.30. The fourth-order valence-electron chi connectivity index (χ4n) is 3.41. The van der Waals surface area contributed by atoms with E-state index >= 15 is 0 Å². The number of halogens is 3. The number of carbonyl (C=O) groups is 3. The molecule has 0 fully saturated rings. The Balaban J connectivity index is 1.43. The Morgan fingerprint density at radius 3 is 2.71 bits per heavy atom. The predicted molar refractivity (Wildman–Crippen MR) is 114 cm³/mol. The molecule has 4 heterocycles. The highest BCUT2D eigenvalue weighted by atomic mass is 32.1. The van der Waals surface area contributed by atoms with Crippen molar-refractivity contribution < 1.29 is 27.6 Å². The smallest absolute Gasteiger partial charge is 0.310 e. The van der Waals surface area contributed by atoms with E-state index in [-0.39, 0.29) is 46.8 Å². The van der Waals surface area contributed by atoms with Crippen LogP contribution in [0.25, 0.3) is 0 Å². The minimum atomic E-state index is -4.63. The quantitative estimate of drug-likeness (QED) is 0.499. The van der Waals surface area contributed by atoms with Gasteiger partial charge in [-0.05, 0) is 12.5 Å². The van der Waals surface area contributed by atoms with Crippen LogP contribution in [0.5, 0.6) is 0 Å². The van der Waals surface area contributed by atoms with Crippen LogP contribution in [0.15, 0.2) is 24.8 Å². The van der Waals surface area contributed by atoms with Crippen molar-refractivity contribution in [3.8, 4) is 0 Å². The molecule has 1 amide bonds. The molecular weight excluding hydrogens is 473 g/mol. The van der Waals surface area contributed by atoms with Gasteiger partial charge in [-0.15, -0.1) is 11.3 Å². The minimum Gasteiger partial charge on any atom is -0.310 e. The van der Waals surface area contributed by atoms with Crippen molar-refractivity contribution in [1.82, 2.24) is 24.9 Å². The third-order valence-electron chi connectivity index (χ3n) is 5.10. The number of fused-ring (bicyclic) bond motifs is 1. The standard InChI is InChI=1S/C21H17F3N6O3S/c1-10(6-13(32)18-11-2-3-17(33)30-19(11)28-9-27-18)20-26-8-14(34-20)12(31)7-16-25-5-4-15(29-16)21(22,23)24/h4-5,8-10H,2-3,6-7H2,1H3,(H,27,28,30,33)/t10-/m0/s1. The summed E-state index contributed by atoms with van der Waals surface area (Å²) in [6.45, 7) is 1.77. The number of nitrogens with zero attached hydrogens (tertiary/aromatic N) is 5. The van der Waals surface area contributed by atoms with Crippen LogP contribution in [0.3, 0.4) is 0 Å². The van der Waals surface area contributed by atoms with Gasteiger partial charge in [0.05, 0.1) is 16.3 Å². The average molecular weight is 490 g/mol. The first-order valence-electron chi connectivity index (χ1n) is 10.2. The van der Waals surface area contributed by atoms with E-state index in [4.69, 9.17) is 0 Å². The molecule has 0 spiro atoms. The van der Waals surface area contributed by atoms with Crippen LogP contribution in [0.2, 0.25) is 0 Å². The largest absolute Gasteiger partial charge is 0.433 e. The van der Waals surface area contributed by atoms with E-state index in [1.54, 1.807) is 6.92 Å². The maximum absolute atomic E-state index is 12.9. The summed E-state index contributed by atoms with van der Waals surface area (Å²) in [6, 6.07) is 0.736. The summed E-state index contributed by atoms with van der Waals surface area (Å²) in [5.41, 5.74) is -0.282. The summed E-state index contributed by atoms with van der Waals surface area (Å²) in [7, 11) is 0. The zero-order chi connectivity index (χ0) is 24.5. The summed E-state index contributed by atoms with van der Waals surface area (Å²) in [5.74, 6) is -1.13. The fourth-order valence-corrected chi connectivity index (χ4v) is 4.32. The number of amides is 1. The first kappa shape index (κ1) is 23.5. The Morgan fingerprint density at radius 2 is 1.94 bits per heavy atom. The number of Topliss-reactive ketones (excluding diaryl/α,β-unsaturated/α-hetero) is 2. The summed E-state index contributed by atoms with van der Waals surface area (Å²) >= 11 is 1.06. The lowest BCUT2D eigenvalue weighted by molar-refractivity contribution is -0.141. The van der Waals surface area contributed by atoms with Gasteiger partial charge in [0.1, 0.15) is 29.4 Å². The fraction of sp³-hybridized carbons (Fsp3) is 0.333. The Labute approximate surface area is 194 Å². The van der Waals surface area contributed by atoms with Gasteiger partial charge < -0.3 is 5.32 Å². The van der Waals surface area contributed by atoms with E-state index in [0.717, 1.165) is 23.6 Å². The van der Waals surface area contributed by atoms with Crippen LogP contribution in [-0.2, 0) is 23.8 Å². The molecule has 0 unspecified atom stereocenters. The topological polar surface area (TPSA) is 128 Å². The Hall–Kier alpha value is -3.61. The van der Waals surface area contributed by atoms with E-state index < -0.39 is 24.1 Å². The van der Waals surface area contributed by atoms with Gasteiger partial charge in [0, 0.05) is 36.7 Å². The van der Waals surface area contributed by atoms with Crippen molar-refractivity contribution in [1.29, 1.82) is 0 Å². The lowest BCUT2D eigenvalue weighted by atomic mass is 9.97. The van der Waals surface area contributed by atoms with Gasteiger partial charge in [0.15, 0.2) is 11.6 Å². The number of carbonyl (C=O) groups excluding carboxylic acids is 3. The highest BCUT2D eigenvalue weighted by Gasteiger charge is 2.33. The molecule has 0 saturated heterocycles. The summed E-state index contributed by atoms with van der Waals surface area (Å²) in [5, 5.41) is 3.15. The van der Waals surface area contributed by atoms with Gasteiger partial charge in [-0.2, -0.15) is 13.2 Å². The Morgan fingerprint density at radius 1 is 1.15 bits per heavy atom. The Bertz CT molecular complexity index is 1280. The molecule has 0 aliphatic carbocycles. The third-order valence-corrected chi connectivity index (χ3v) is 6.37. The molecule has 3 aromatic heterocycles. The van der Waals surface area contributed by atoms with Gasteiger partial charge in [0.25, 0.3) is 0 Å². The zero-order valence-electron chi connectivity index (χ0n) is 17.7. The normalized spacial score (nSPS) is 14.3. The van der Waals surface area contributed by atoms with E-state index in [1.807, 2.05) is 0 Å². The molecule has 9 nitrogen and oxygen atoms in total. The molecule has 0 saturated carbocycles. The minimum absolute atomic E-state index is 0.0648. The SMILES string of the molecule is C[C@@H](CC(=O)c1ncnc2c1CCC(=O)N2)c1ncc(C(=O)Cc2nccc(C(F)(F)F)n2)s1. The molecule has 1 aliphatic heterocycles. The number of alkyl halides is 3. The second-order valence-corrected chi connectivity index (χ2v) is 8.71. The first-order chi connectivity index (χ1) is 16.1. The monoisotopic (exact) mass is 490 g/mol. The van der Waals surface area contributed by atoms with Crippen LogP contribution >= 0.6 is 11.3 Å². The van der Waals surface area contributed by atoms with E-state index in [1.165, 1.54) is 12.5 Å². The van der Waals surface area contributed by atoms with Gasteiger partial charge >= 0.3 is 6.18 Å². The second-order valence-electron chi connectivity index (χ2n) is 7.64. The van der Waals surface area contributed by atoms with Crippen LogP contribution in [0, 0.1) is 0 Å². The summed E-state index contributed by atoms with van der Waals surface area (Å²) in [4.78, 5) is 56.7. The van der Waals surface area contributed by atoms with E-state index in [9.17, 15) is 27.6 Å². The van der Waals surface area contributed by atoms with Crippen molar-refractivity contribution in [3.05, 3.63) is 57.4 Å². The van der Waals surface area contributed by atoms with Crippen molar-refractivity contribution in [3.63, 3.8) is 0 Å². The van der Waals surface area contributed by atoms with Gasteiger partial charge in [-0.3, -0.25) is 14.4 Å². The molecule has 4 rings (SSSR count). The molecule has 1 aliphatic rings. The van der Waals surface area contributed by atoms with Crippen molar-refractivity contribution in [2.45, 2.75) is 44.7 Å². The Kier molecular flexibility index (Phi) is 6.46. The number of hydrogen-bond acceptors (Lipinski definition) is 9. The molecule has 0 bridgehead atoms. The van der Waals surface area contributed by atoms with Gasteiger partial charge in [-0.1, -0.05) is 6.92 Å². The van der Waals surface area contributed by atoms with Crippen LogP contribution in [0.1, 0.15) is 67.9 Å². The lowest BCUT2D eigenvalue weighted by Gasteiger charge is -2.17. The third kappa shape index (κ3) is 5.14. The van der Waals surface area contributed by atoms with Crippen LogP contribution < -0.4 is 5.32 Å². The average Bonchev–Trinajstić information content (AvgIpc) is 3.29. The van der Waals surface area contributed by atoms with Crippen molar-refractivity contribution >= 4 is 34.6 Å². The van der Waals surface area contributed by atoms with Gasteiger partial charge in [-0.25, -0.2) is 24.9 Å². The van der Waals surface area contributed by atoms with Crippen molar-refractivity contribution in [2.24, 2.45) is 0 Å². The van der Waals surface area contributed by atoms with Gasteiger partial charge in [0.2, 0.25) is 5.91 Å². The molecule has 1 atom stereocenters. The summed E-state index contributed by atoms with van der Waals surface area (Å²) < 4.78 is 38.5. The number of rotatable bonds is 7. The lowest BCUT2D eigenvalue weighted by Crippen LogP contribution is -2.23. The van der Waals surface area contributed by atoms with Crippen LogP contribution in [-0.4, -0.2) is 42.4 Å². The zero-order valence-corrected chi connectivity index (χ0v) is 18.5. The molecule has 0 radical (unpaired) electrons. The molecule has 1 N–H and O–H groups in total. The highest BCUT2D eigenvalue weighted by molar-refractivity contribution is 7.13. The van der Waals surface area contributed by atoms with Crippen molar-refractivity contribution in [2.75, 3.05) is 5.32 Å². The number of thiazole rings is 1. The number of hydrogen-bond donors (Lipinski definition) is 1. The van der Waals surface area contributed by atoms with E-state index in [0.29, 0.717) is 22.8 Å². The molecule has 34 heavy (non-hydrogen) atoms. The maximum atomic E-state index is 12.9. The maximum Gasteiger partial charge on any atom is 0.433 e. The first-order valence-corrected chi connectivity index (χ1v) is 11.0. The molecule has 13 heteroatoms. The summed E-state index contributed by atoms with van der Waals surface area (Å²) in [6.07, 6.45) is -0.852. The number of aromatic nitrogens is 5. The molecule has 0 aromatic carbocycles. The number of ketones is 2. The van der Waals surface area contributed by atoms with E-state index in [2.05, 4.69) is 30.2 Å². The molecular formula is C21H17F3N6O3S. The number of nitrogens with one attached hydrogen (secondary N) is 1. The number of anilines is 1.